The largest absolute Gasteiger partial charge is 0.326 e. The lowest BCUT2D eigenvalue weighted by Crippen LogP contribution is -2.16. The summed E-state index contributed by atoms with van der Waals surface area (Å²) < 4.78 is 1.95. The van der Waals surface area contributed by atoms with Gasteiger partial charge in [0.1, 0.15) is 5.82 Å². The Morgan fingerprint density at radius 3 is 2.43 bits per heavy atom. The first-order valence-corrected chi connectivity index (χ1v) is 10.8. The quantitative estimate of drug-likeness (QED) is 0.510. The number of hydrogen-bond acceptors (Lipinski definition) is 5. The Bertz CT molecular complexity index is 1000. The van der Waals surface area contributed by atoms with Crippen LogP contribution >= 0.6 is 11.8 Å². The van der Waals surface area contributed by atoms with E-state index < -0.39 is 0 Å². The van der Waals surface area contributed by atoms with Gasteiger partial charge >= 0.3 is 0 Å². The molecule has 30 heavy (non-hydrogen) atoms. The summed E-state index contributed by atoms with van der Waals surface area (Å²) in [6.07, 6.45) is 0.793. The van der Waals surface area contributed by atoms with E-state index in [1.54, 1.807) is 0 Å². The smallest absolute Gasteiger partial charge is 0.234 e. The van der Waals surface area contributed by atoms with Gasteiger partial charge in [-0.3, -0.25) is 9.59 Å². The van der Waals surface area contributed by atoms with Crippen molar-refractivity contribution < 1.29 is 9.59 Å². The van der Waals surface area contributed by atoms with Crippen LogP contribution in [0.5, 0.6) is 0 Å². The molecule has 0 unspecified atom stereocenters. The number of amides is 2. The van der Waals surface area contributed by atoms with E-state index in [0.717, 1.165) is 22.8 Å². The SMILES string of the molecule is CCn1c(CCC(=O)Nc2ccccc2)nnc1SCC(=O)Nc1ccccc1C. The topological polar surface area (TPSA) is 88.9 Å². The monoisotopic (exact) mass is 423 g/mol. The predicted octanol–water partition coefficient (Wildman–Crippen LogP) is 3.91. The highest BCUT2D eigenvalue weighted by Gasteiger charge is 2.15. The Balaban J connectivity index is 1.53. The number of anilines is 2. The van der Waals surface area contributed by atoms with Crippen LogP contribution in [0.25, 0.3) is 0 Å². The fraction of sp³-hybridized carbons (Fsp3) is 0.273. The molecule has 2 N–H and O–H groups in total. The number of thioether (sulfide) groups is 1. The van der Waals surface area contributed by atoms with Crippen LogP contribution < -0.4 is 10.6 Å². The zero-order chi connectivity index (χ0) is 21.3. The van der Waals surface area contributed by atoms with Crippen molar-refractivity contribution in [3.05, 3.63) is 66.0 Å². The molecule has 2 amide bonds. The van der Waals surface area contributed by atoms with E-state index >= 15 is 0 Å². The third kappa shape index (κ3) is 5.93. The van der Waals surface area contributed by atoms with E-state index in [4.69, 9.17) is 0 Å². The number of nitrogens with one attached hydrogen (secondary N) is 2. The molecule has 3 aromatic rings. The summed E-state index contributed by atoms with van der Waals surface area (Å²) in [7, 11) is 0. The van der Waals surface area contributed by atoms with Gasteiger partial charge in [0.25, 0.3) is 0 Å². The molecule has 7 nitrogen and oxygen atoms in total. The highest BCUT2D eigenvalue weighted by molar-refractivity contribution is 7.99. The van der Waals surface area contributed by atoms with E-state index in [2.05, 4.69) is 20.8 Å². The lowest BCUT2D eigenvalue weighted by molar-refractivity contribution is -0.116. The highest BCUT2D eigenvalue weighted by atomic mass is 32.2. The number of nitrogens with zero attached hydrogens (tertiary/aromatic N) is 3. The number of aromatic nitrogens is 3. The van der Waals surface area contributed by atoms with Crippen molar-refractivity contribution in [2.75, 3.05) is 16.4 Å². The molecule has 0 aliphatic heterocycles. The van der Waals surface area contributed by atoms with E-state index in [1.165, 1.54) is 11.8 Å². The van der Waals surface area contributed by atoms with E-state index in [1.807, 2.05) is 73.0 Å². The highest BCUT2D eigenvalue weighted by Crippen LogP contribution is 2.19. The number of benzene rings is 2. The summed E-state index contributed by atoms with van der Waals surface area (Å²) in [6, 6.07) is 17.0. The molecule has 1 aromatic heterocycles. The van der Waals surface area contributed by atoms with Gasteiger partial charge in [0.2, 0.25) is 11.8 Å². The van der Waals surface area contributed by atoms with Crippen molar-refractivity contribution in [1.29, 1.82) is 0 Å². The van der Waals surface area contributed by atoms with Gasteiger partial charge in [-0.25, -0.2) is 0 Å². The molecule has 0 atom stereocenters. The van der Waals surface area contributed by atoms with Crippen LogP contribution in [-0.4, -0.2) is 32.3 Å². The molecular formula is C22H25N5O2S. The summed E-state index contributed by atoms with van der Waals surface area (Å²) in [4.78, 5) is 24.5. The van der Waals surface area contributed by atoms with Crippen molar-refractivity contribution in [1.82, 2.24) is 14.8 Å². The summed E-state index contributed by atoms with van der Waals surface area (Å²) >= 11 is 1.34. The average molecular weight is 424 g/mol. The van der Waals surface area contributed by atoms with Crippen molar-refractivity contribution in [3.8, 4) is 0 Å². The second-order valence-corrected chi connectivity index (χ2v) is 7.65. The molecule has 8 heteroatoms. The first-order valence-electron chi connectivity index (χ1n) is 9.82. The minimum atomic E-state index is -0.0938. The molecule has 3 rings (SSSR count). The summed E-state index contributed by atoms with van der Waals surface area (Å²) in [5.41, 5.74) is 2.60. The molecule has 1 heterocycles. The third-order valence-electron chi connectivity index (χ3n) is 4.49. The Labute approximate surface area is 180 Å². The van der Waals surface area contributed by atoms with Gasteiger partial charge in [0.05, 0.1) is 5.75 Å². The Morgan fingerprint density at radius 2 is 1.70 bits per heavy atom. The standard InChI is InChI=1S/C22H25N5O2S/c1-3-27-19(13-14-20(28)23-17-10-5-4-6-11-17)25-26-22(27)30-15-21(29)24-18-12-8-7-9-16(18)2/h4-12H,3,13-15H2,1-2H3,(H,23,28)(H,24,29). The van der Waals surface area contributed by atoms with E-state index in [9.17, 15) is 9.59 Å². The minimum absolute atomic E-state index is 0.0707. The van der Waals surface area contributed by atoms with Crippen LogP contribution in [0.1, 0.15) is 24.7 Å². The maximum absolute atomic E-state index is 12.3. The Kier molecular flexibility index (Phi) is 7.62. The van der Waals surface area contributed by atoms with Crippen LogP contribution in [0.2, 0.25) is 0 Å². The first-order chi connectivity index (χ1) is 14.6. The van der Waals surface area contributed by atoms with Crippen LogP contribution in [0.15, 0.2) is 59.8 Å². The van der Waals surface area contributed by atoms with Gasteiger partial charge in [-0.1, -0.05) is 48.2 Å². The van der Waals surface area contributed by atoms with Crippen molar-refractivity contribution in [2.45, 2.75) is 38.4 Å². The molecule has 0 saturated heterocycles. The average Bonchev–Trinajstić information content (AvgIpc) is 3.15. The molecule has 0 saturated carbocycles. The van der Waals surface area contributed by atoms with Gasteiger partial charge in [-0.15, -0.1) is 10.2 Å². The summed E-state index contributed by atoms with van der Waals surface area (Å²) in [5.74, 6) is 0.811. The summed E-state index contributed by atoms with van der Waals surface area (Å²) in [5, 5.41) is 14.9. The predicted molar refractivity (Wildman–Crippen MR) is 120 cm³/mol. The Morgan fingerprint density at radius 1 is 0.967 bits per heavy atom. The molecular weight excluding hydrogens is 398 g/mol. The van der Waals surface area contributed by atoms with Crippen LogP contribution in [0.3, 0.4) is 0 Å². The number of carbonyl (C=O) groups is 2. The van der Waals surface area contributed by atoms with E-state index in [-0.39, 0.29) is 17.6 Å². The van der Waals surface area contributed by atoms with Gasteiger partial charge in [-0.2, -0.15) is 0 Å². The first kappa shape index (κ1) is 21.6. The maximum Gasteiger partial charge on any atom is 0.234 e. The minimum Gasteiger partial charge on any atom is -0.326 e. The number of para-hydroxylation sites is 2. The number of hydrogen-bond donors (Lipinski definition) is 2. The fourth-order valence-electron chi connectivity index (χ4n) is 2.93. The van der Waals surface area contributed by atoms with Crippen LogP contribution in [-0.2, 0) is 22.6 Å². The molecule has 156 valence electrons. The van der Waals surface area contributed by atoms with Gasteiger partial charge in [-0.05, 0) is 37.6 Å². The number of rotatable bonds is 9. The van der Waals surface area contributed by atoms with Gasteiger partial charge in [0.15, 0.2) is 5.16 Å². The molecule has 0 radical (unpaired) electrons. The number of carbonyl (C=O) groups excluding carboxylic acids is 2. The van der Waals surface area contributed by atoms with Crippen LogP contribution in [0, 0.1) is 6.92 Å². The second kappa shape index (κ2) is 10.6. The normalized spacial score (nSPS) is 10.6. The molecule has 0 aliphatic carbocycles. The van der Waals surface area contributed by atoms with Crippen molar-refractivity contribution in [2.24, 2.45) is 0 Å². The fourth-order valence-corrected chi connectivity index (χ4v) is 3.75. The third-order valence-corrected chi connectivity index (χ3v) is 5.46. The van der Waals surface area contributed by atoms with Crippen molar-refractivity contribution in [3.63, 3.8) is 0 Å². The van der Waals surface area contributed by atoms with E-state index in [0.29, 0.717) is 24.5 Å². The van der Waals surface area contributed by atoms with Gasteiger partial charge < -0.3 is 15.2 Å². The zero-order valence-electron chi connectivity index (χ0n) is 17.1. The zero-order valence-corrected chi connectivity index (χ0v) is 17.9. The molecule has 0 spiro atoms. The molecule has 0 fully saturated rings. The van der Waals surface area contributed by atoms with Crippen LogP contribution in [0.4, 0.5) is 11.4 Å². The lowest BCUT2D eigenvalue weighted by atomic mass is 10.2. The van der Waals surface area contributed by atoms with Gasteiger partial charge in [0, 0.05) is 30.8 Å². The molecule has 0 aliphatic rings. The second-order valence-electron chi connectivity index (χ2n) is 6.71. The maximum atomic E-state index is 12.3. The summed E-state index contributed by atoms with van der Waals surface area (Å²) in [6.45, 7) is 4.62. The molecule has 0 bridgehead atoms. The Hall–Kier alpha value is -3.13. The number of aryl methyl sites for hydroxylation is 2. The molecule has 2 aromatic carbocycles. The van der Waals surface area contributed by atoms with Crippen molar-refractivity contribution >= 4 is 35.0 Å². The lowest BCUT2D eigenvalue weighted by Gasteiger charge is -2.09.